The van der Waals surface area contributed by atoms with E-state index in [4.69, 9.17) is 10.4 Å². The number of hydrogen-bond donors (Lipinski definition) is 3. The second-order valence-corrected chi connectivity index (χ2v) is 4.56. The molecule has 100 valence electrons. The van der Waals surface area contributed by atoms with Gasteiger partial charge in [0.25, 0.3) is 0 Å². The van der Waals surface area contributed by atoms with Crippen LogP contribution in [0.25, 0.3) is 0 Å². The lowest BCUT2D eigenvalue weighted by molar-refractivity contribution is -0.139. The number of urea groups is 1. The number of nitrogens with one attached hydrogen (secondary N) is 2. The van der Waals surface area contributed by atoms with Crippen molar-refractivity contribution >= 4 is 33.6 Å². The third-order valence-corrected chi connectivity index (χ3v) is 3.01. The van der Waals surface area contributed by atoms with Crippen molar-refractivity contribution in [1.29, 1.82) is 5.26 Å². The van der Waals surface area contributed by atoms with Crippen LogP contribution in [0.2, 0.25) is 0 Å². The first-order valence-corrected chi connectivity index (χ1v) is 6.27. The van der Waals surface area contributed by atoms with Crippen molar-refractivity contribution in [3.63, 3.8) is 0 Å². The highest BCUT2D eigenvalue weighted by molar-refractivity contribution is 9.10. The molecule has 0 bridgehead atoms. The Morgan fingerprint density at radius 3 is 2.68 bits per heavy atom. The van der Waals surface area contributed by atoms with Crippen LogP contribution in [0.5, 0.6) is 0 Å². The Kier molecular flexibility index (Phi) is 5.33. The van der Waals surface area contributed by atoms with Crippen LogP contribution in [0.15, 0.2) is 22.7 Å². The molecule has 0 unspecified atom stereocenters. The number of benzene rings is 1. The van der Waals surface area contributed by atoms with Crippen LogP contribution >= 0.6 is 15.9 Å². The van der Waals surface area contributed by atoms with Gasteiger partial charge in [0.1, 0.15) is 6.04 Å². The molecule has 1 rings (SSSR count). The summed E-state index contributed by atoms with van der Waals surface area (Å²) in [5.74, 6) is -1.09. The van der Waals surface area contributed by atoms with Crippen molar-refractivity contribution in [2.75, 3.05) is 5.32 Å². The van der Waals surface area contributed by atoms with Gasteiger partial charge in [-0.15, -0.1) is 0 Å². The van der Waals surface area contributed by atoms with Gasteiger partial charge >= 0.3 is 12.0 Å². The van der Waals surface area contributed by atoms with Crippen LogP contribution < -0.4 is 10.6 Å². The molecule has 2 amide bonds. The fraction of sp³-hybridized carbons (Fsp3) is 0.250. The first kappa shape index (κ1) is 15.0. The van der Waals surface area contributed by atoms with Crippen LogP contribution in [0, 0.1) is 11.3 Å². The van der Waals surface area contributed by atoms with E-state index >= 15 is 0 Å². The van der Waals surface area contributed by atoms with E-state index in [9.17, 15) is 9.59 Å². The Labute approximate surface area is 118 Å². The molecule has 0 saturated carbocycles. The maximum atomic E-state index is 11.6. The fourth-order valence-corrected chi connectivity index (χ4v) is 1.82. The topological polar surface area (TPSA) is 102 Å². The van der Waals surface area contributed by atoms with E-state index in [-0.39, 0.29) is 6.42 Å². The van der Waals surface area contributed by atoms with Gasteiger partial charge in [-0.1, -0.05) is 6.92 Å². The predicted octanol–water partition coefficient (Wildman–Crippen LogP) is 2.31. The van der Waals surface area contributed by atoms with E-state index in [1.54, 1.807) is 25.1 Å². The Morgan fingerprint density at radius 1 is 1.53 bits per heavy atom. The third kappa shape index (κ3) is 4.26. The van der Waals surface area contributed by atoms with E-state index in [0.717, 1.165) is 0 Å². The molecule has 6 nitrogen and oxygen atoms in total. The smallest absolute Gasteiger partial charge is 0.326 e. The van der Waals surface area contributed by atoms with Gasteiger partial charge in [-0.3, -0.25) is 0 Å². The fourth-order valence-electron chi connectivity index (χ4n) is 1.34. The third-order valence-electron chi connectivity index (χ3n) is 2.36. The first-order chi connectivity index (χ1) is 8.97. The highest BCUT2D eigenvalue weighted by Crippen LogP contribution is 2.23. The van der Waals surface area contributed by atoms with Gasteiger partial charge in [-0.2, -0.15) is 5.26 Å². The van der Waals surface area contributed by atoms with Gasteiger partial charge < -0.3 is 15.7 Å². The largest absolute Gasteiger partial charge is 0.480 e. The Hall–Kier alpha value is -2.07. The summed E-state index contributed by atoms with van der Waals surface area (Å²) in [5.41, 5.74) is 0.909. The summed E-state index contributed by atoms with van der Waals surface area (Å²) in [4.78, 5) is 22.4. The number of hydrogen-bond acceptors (Lipinski definition) is 3. The maximum absolute atomic E-state index is 11.6. The molecule has 0 heterocycles. The number of carbonyl (C=O) groups excluding carboxylic acids is 1. The quantitative estimate of drug-likeness (QED) is 0.790. The molecule has 0 fully saturated rings. The van der Waals surface area contributed by atoms with E-state index in [0.29, 0.717) is 15.7 Å². The van der Waals surface area contributed by atoms with E-state index in [2.05, 4.69) is 26.6 Å². The molecule has 1 aromatic rings. The summed E-state index contributed by atoms with van der Waals surface area (Å²) in [6, 6.07) is 5.09. The monoisotopic (exact) mass is 325 g/mol. The number of rotatable bonds is 4. The number of nitrogens with zero attached hydrogens (tertiary/aromatic N) is 1. The molecule has 1 atom stereocenters. The number of carboxylic acid groups (broad SMARTS) is 1. The minimum Gasteiger partial charge on any atom is -0.480 e. The van der Waals surface area contributed by atoms with Gasteiger partial charge in [0.15, 0.2) is 0 Å². The zero-order valence-corrected chi connectivity index (χ0v) is 11.7. The molecule has 0 aliphatic heterocycles. The lowest BCUT2D eigenvalue weighted by Gasteiger charge is -2.13. The highest BCUT2D eigenvalue weighted by atomic mass is 79.9. The standard InChI is InChI=1S/C12H12BrN3O3/c1-2-9(11(17)18)15-12(19)16-10-4-3-7(6-14)5-8(10)13/h3-5,9H,2H2,1H3,(H,17,18)(H2,15,16,19)/t9-/m1/s1. The molecular formula is C12H12BrN3O3. The van der Waals surface area contributed by atoms with Crippen molar-refractivity contribution in [3.8, 4) is 6.07 Å². The average molecular weight is 326 g/mol. The van der Waals surface area contributed by atoms with Gasteiger partial charge in [0, 0.05) is 4.47 Å². The van der Waals surface area contributed by atoms with Gasteiger partial charge in [0.2, 0.25) is 0 Å². The Bertz CT molecular complexity index is 540. The summed E-state index contributed by atoms with van der Waals surface area (Å²) in [6.45, 7) is 1.66. The van der Waals surface area contributed by atoms with E-state index in [1.807, 2.05) is 6.07 Å². The molecule has 7 heteroatoms. The minimum atomic E-state index is -1.09. The average Bonchev–Trinajstić information content (AvgIpc) is 2.37. The van der Waals surface area contributed by atoms with Crippen molar-refractivity contribution in [3.05, 3.63) is 28.2 Å². The number of aliphatic carboxylic acids is 1. The van der Waals surface area contributed by atoms with Crippen molar-refractivity contribution in [2.24, 2.45) is 0 Å². The SMILES string of the molecule is CC[C@@H](NC(=O)Nc1ccc(C#N)cc1Br)C(=O)O. The van der Waals surface area contributed by atoms with Crippen LogP contribution in [0.4, 0.5) is 10.5 Å². The molecule has 1 aromatic carbocycles. The Balaban J connectivity index is 2.72. The van der Waals surface area contributed by atoms with E-state index in [1.165, 1.54) is 0 Å². The number of carboxylic acids is 1. The lowest BCUT2D eigenvalue weighted by atomic mass is 10.2. The normalized spacial score (nSPS) is 11.2. The number of anilines is 1. The van der Waals surface area contributed by atoms with Crippen molar-refractivity contribution < 1.29 is 14.7 Å². The van der Waals surface area contributed by atoms with Gasteiger partial charge in [0.05, 0.1) is 17.3 Å². The minimum absolute atomic E-state index is 0.289. The number of amides is 2. The summed E-state index contributed by atoms with van der Waals surface area (Å²) in [5, 5.41) is 22.4. The van der Waals surface area contributed by atoms with Crippen LogP contribution in [-0.2, 0) is 4.79 Å². The summed E-state index contributed by atoms with van der Waals surface area (Å²) < 4.78 is 0.546. The summed E-state index contributed by atoms with van der Waals surface area (Å²) >= 11 is 3.22. The van der Waals surface area contributed by atoms with Crippen LogP contribution in [-0.4, -0.2) is 23.1 Å². The van der Waals surface area contributed by atoms with E-state index < -0.39 is 18.0 Å². The molecule has 0 aromatic heterocycles. The molecule has 0 saturated heterocycles. The van der Waals surface area contributed by atoms with Gasteiger partial charge in [-0.25, -0.2) is 9.59 Å². The number of carbonyl (C=O) groups is 2. The Morgan fingerprint density at radius 2 is 2.21 bits per heavy atom. The molecule has 19 heavy (non-hydrogen) atoms. The second-order valence-electron chi connectivity index (χ2n) is 3.70. The van der Waals surface area contributed by atoms with Crippen molar-refractivity contribution in [1.82, 2.24) is 5.32 Å². The summed E-state index contributed by atoms with van der Waals surface area (Å²) in [7, 11) is 0. The molecule has 0 radical (unpaired) electrons. The van der Waals surface area contributed by atoms with Crippen molar-refractivity contribution in [2.45, 2.75) is 19.4 Å². The molecule has 3 N–H and O–H groups in total. The number of halogens is 1. The van der Waals surface area contributed by atoms with Gasteiger partial charge in [-0.05, 0) is 40.5 Å². The molecular weight excluding hydrogens is 314 g/mol. The molecule has 0 aliphatic rings. The summed E-state index contributed by atoms with van der Waals surface area (Å²) in [6.07, 6.45) is 0.289. The van der Waals surface area contributed by atoms with Crippen LogP contribution in [0.1, 0.15) is 18.9 Å². The zero-order valence-electron chi connectivity index (χ0n) is 10.1. The highest BCUT2D eigenvalue weighted by Gasteiger charge is 2.17. The second kappa shape index (κ2) is 6.75. The lowest BCUT2D eigenvalue weighted by Crippen LogP contribution is -2.42. The first-order valence-electron chi connectivity index (χ1n) is 5.48. The zero-order chi connectivity index (χ0) is 14.4. The van der Waals surface area contributed by atoms with Crippen LogP contribution in [0.3, 0.4) is 0 Å². The maximum Gasteiger partial charge on any atom is 0.326 e. The molecule has 0 spiro atoms. The number of nitriles is 1. The molecule has 0 aliphatic carbocycles. The predicted molar refractivity (Wildman–Crippen MR) is 72.7 cm³/mol.